The highest BCUT2D eigenvalue weighted by atomic mass is 16.3. The number of aliphatic hydroxyl groups is 1. The summed E-state index contributed by atoms with van der Waals surface area (Å²) in [6.07, 6.45) is 5.81. The van der Waals surface area contributed by atoms with E-state index in [1.54, 1.807) is 0 Å². The van der Waals surface area contributed by atoms with Crippen molar-refractivity contribution in [2.45, 2.75) is 38.8 Å². The van der Waals surface area contributed by atoms with Crippen molar-refractivity contribution in [1.82, 2.24) is 15.5 Å². The van der Waals surface area contributed by atoms with E-state index in [1.165, 1.54) is 0 Å². The van der Waals surface area contributed by atoms with Crippen LogP contribution in [0.3, 0.4) is 0 Å². The van der Waals surface area contributed by atoms with E-state index in [0.717, 1.165) is 19.4 Å². The Balaban J connectivity index is 2.14. The number of nitrogens with zero attached hydrogens (tertiary/aromatic N) is 1. The van der Waals surface area contributed by atoms with E-state index in [4.69, 9.17) is 5.11 Å². The van der Waals surface area contributed by atoms with Crippen molar-refractivity contribution in [2.24, 2.45) is 5.92 Å². The molecule has 0 radical (unpaired) electrons. The third-order valence-electron chi connectivity index (χ3n) is 3.82. The number of amides is 2. The maximum Gasteiger partial charge on any atom is 0.315 e. The SMILES string of the molecule is CCC(C)N(C)CCNC(=O)N[C@@H]1C=C[C@H](CO)C1. The van der Waals surface area contributed by atoms with Gasteiger partial charge in [-0.1, -0.05) is 19.1 Å². The summed E-state index contributed by atoms with van der Waals surface area (Å²) in [7, 11) is 2.07. The molecule has 5 nitrogen and oxygen atoms in total. The molecule has 3 N–H and O–H groups in total. The van der Waals surface area contributed by atoms with Crippen LogP contribution in [0.5, 0.6) is 0 Å². The smallest absolute Gasteiger partial charge is 0.315 e. The van der Waals surface area contributed by atoms with E-state index in [-0.39, 0.29) is 24.6 Å². The predicted molar refractivity (Wildman–Crippen MR) is 77.0 cm³/mol. The first-order valence-electron chi connectivity index (χ1n) is 7.10. The molecule has 1 aliphatic carbocycles. The molecule has 0 fully saturated rings. The van der Waals surface area contributed by atoms with Crippen LogP contribution in [0.15, 0.2) is 12.2 Å². The molecular weight excluding hydrogens is 242 g/mol. The normalized spacial score (nSPS) is 23.6. The van der Waals surface area contributed by atoms with E-state index in [1.807, 2.05) is 12.2 Å². The molecule has 0 aromatic carbocycles. The highest BCUT2D eigenvalue weighted by Gasteiger charge is 2.19. The summed E-state index contributed by atoms with van der Waals surface area (Å²) in [5.74, 6) is 0.182. The summed E-state index contributed by atoms with van der Waals surface area (Å²) in [4.78, 5) is 13.9. The van der Waals surface area contributed by atoms with Gasteiger partial charge in [-0.2, -0.15) is 0 Å². The molecule has 0 aromatic heterocycles. The van der Waals surface area contributed by atoms with Crippen LogP contribution < -0.4 is 10.6 Å². The van der Waals surface area contributed by atoms with Gasteiger partial charge in [0.1, 0.15) is 0 Å². The molecule has 0 bridgehead atoms. The van der Waals surface area contributed by atoms with Crippen molar-refractivity contribution < 1.29 is 9.90 Å². The fourth-order valence-electron chi connectivity index (χ4n) is 2.11. The second-order valence-corrected chi connectivity index (χ2v) is 5.31. The second-order valence-electron chi connectivity index (χ2n) is 5.31. The minimum Gasteiger partial charge on any atom is -0.396 e. The van der Waals surface area contributed by atoms with Gasteiger partial charge >= 0.3 is 6.03 Å². The summed E-state index contributed by atoms with van der Waals surface area (Å²) >= 11 is 0. The lowest BCUT2D eigenvalue weighted by atomic mass is 10.1. The van der Waals surface area contributed by atoms with Crippen molar-refractivity contribution in [3.05, 3.63) is 12.2 Å². The number of rotatable bonds is 7. The van der Waals surface area contributed by atoms with Crippen molar-refractivity contribution in [3.63, 3.8) is 0 Å². The van der Waals surface area contributed by atoms with Gasteiger partial charge in [-0.05, 0) is 26.8 Å². The second kappa shape index (κ2) is 8.17. The summed E-state index contributed by atoms with van der Waals surface area (Å²) in [6.45, 7) is 5.98. The van der Waals surface area contributed by atoms with E-state index >= 15 is 0 Å². The number of hydrogen-bond acceptors (Lipinski definition) is 3. The van der Waals surface area contributed by atoms with Crippen molar-refractivity contribution in [3.8, 4) is 0 Å². The zero-order valence-corrected chi connectivity index (χ0v) is 12.2. The molecule has 1 rings (SSSR count). The molecular formula is C14H27N3O2. The van der Waals surface area contributed by atoms with Gasteiger partial charge in [0.15, 0.2) is 0 Å². The zero-order chi connectivity index (χ0) is 14.3. The van der Waals surface area contributed by atoms with Gasteiger partial charge in [-0.25, -0.2) is 4.79 Å². The molecule has 110 valence electrons. The van der Waals surface area contributed by atoms with Crippen LogP contribution in [-0.4, -0.2) is 54.9 Å². The number of aliphatic hydroxyl groups excluding tert-OH is 1. The molecule has 0 aliphatic heterocycles. The Labute approximate surface area is 116 Å². The van der Waals surface area contributed by atoms with E-state index < -0.39 is 0 Å². The molecule has 0 saturated heterocycles. The fraction of sp³-hybridized carbons (Fsp3) is 0.786. The Hall–Kier alpha value is -1.07. The summed E-state index contributed by atoms with van der Waals surface area (Å²) in [5.41, 5.74) is 0. The van der Waals surface area contributed by atoms with Crippen LogP contribution in [0.1, 0.15) is 26.7 Å². The summed E-state index contributed by atoms with van der Waals surface area (Å²) in [5, 5.41) is 14.8. The monoisotopic (exact) mass is 269 g/mol. The van der Waals surface area contributed by atoms with E-state index in [9.17, 15) is 4.79 Å². The Morgan fingerprint density at radius 2 is 2.26 bits per heavy atom. The molecule has 0 spiro atoms. The number of likely N-dealkylation sites (N-methyl/N-ethyl adjacent to an activating group) is 1. The average molecular weight is 269 g/mol. The van der Waals surface area contributed by atoms with E-state index in [2.05, 4.69) is 36.4 Å². The van der Waals surface area contributed by atoms with Crippen molar-refractivity contribution in [1.29, 1.82) is 0 Å². The summed E-state index contributed by atoms with van der Waals surface area (Å²) in [6, 6.07) is 0.447. The minimum absolute atomic E-state index is 0.0458. The quantitative estimate of drug-likeness (QED) is 0.603. The van der Waals surface area contributed by atoms with Crippen LogP contribution in [0, 0.1) is 5.92 Å². The van der Waals surface area contributed by atoms with Crippen LogP contribution in [0.25, 0.3) is 0 Å². The molecule has 0 aromatic rings. The Bertz CT molecular complexity index is 307. The van der Waals surface area contributed by atoms with Gasteiger partial charge in [-0.15, -0.1) is 0 Å². The van der Waals surface area contributed by atoms with Crippen LogP contribution in [-0.2, 0) is 0 Å². The van der Waals surface area contributed by atoms with Crippen LogP contribution in [0.2, 0.25) is 0 Å². The molecule has 0 heterocycles. The average Bonchev–Trinajstić information content (AvgIpc) is 2.85. The number of hydrogen-bond donors (Lipinski definition) is 3. The Morgan fingerprint density at radius 3 is 2.84 bits per heavy atom. The minimum atomic E-state index is -0.134. The largest absolute Gasteiger partial charge is 0.396 e. The lowest BCUT2D eigenvalue weighted by Crippen LogP contribution is -2.44. The molecule has 1 aliphatic rings. The maximum atomic E-state index is 11.7. The van der Waals surface area contributed by atoms with Gasteiger partial charge in [0.2, 0.25) is 0 Å². The molecule has 5 heteroatoms. The predicted octanol–water partition coefficient (Wildman–Crippen LogP) is 0.953. The van der Waals surface area contributed by atoms with Crippen LogP contribution >= 0.6 is 0 Å². The first-order chi connectivity index (χ1) is 9.06. The van der Waals surface area contributed by atoms with E-state index in [0.29, 0.717) is 12.6 Å². The third kappa shape index (κ3) is 5.61. The highest BCUT2D eigenvalue weighted by molar-refractivity contribution is 5.74. The zero-order valence-electron chi connectivity index (χ0n) is 12.2. The standard InChI is InChI=1S/C14H27N3O2/c1-4-11(2)17(3)8-7-15-14(19)16-13-6-5-12(9-13)10-18/h5-6,11-13,18H,4,7-10H2,1-3H3,(H2,15,16,19)/t11?,12-,13+/m0/s1. The van der Waals surface area contributed by atoms with Crippen LogP contribution in [0.4, 0.5) is 4.79 Å². The van der Waals surface area contributed by atoms with Crippen molar-refractivity contribution >= 4 is 6.03 Å². The molecule has 2 amide bonds. The third-order valence-corrected chi connectivity index (χ3v) is 3.82. The van der Waals surface area contributed by atoms with Gasteiger partial charge in [-0.3, -0.25) is 0 Å². The lowest BCUT2D eigenvalue weighted by Gasteiger charge is -2.23. The maximum absolute atomic E-state index is 11.7. The molecule has 19 heavy (non-hydrogen) atoms. The van der Waals surface area contributed by atoms with Gasteiger partial charge in [0, 0.05) is 37.7 Å². The first-order valence-corrected chi connectivity index (χ1v) is 7.10. The van der Waals surface area contributed by atoms with Gasteiger partial charge in [0.05, 0.1) is 0 Å². The summed E-state index contributed by atoms with van der Waals surface area (Å²) < 4.78 is 0. The number of urea groups is 1. The Kier molecular flexibility index (Phi) is 6.87. The number of nitrogens with one attached hydrogen (secondary N) is 2. The van der Waals surface area contributed by atoms with Gasteiger partial charge in [0.25, 0.3) is 0 Å². The van der Waals surface area contributed by atoms with Gasteiger partial charge < -0.3 is 20.6 Å². The number of carbonyl (C=O) groups excluding carboxylic acids is 1. The fourth-order valence-corrected chi connectivity index (χ4v) is 2.11. The topological polar surface area (TPSA) is 64.6 Å². The first kappa shape index (κ1) is 16.0. The molecule has 0 saturated carbocycles. The lowest BCUT2D eigenvalue weighted by molar-refractivity contribution is 0.224. The van der Waals surface area contributed by atoms with Crippen molar-refractivity contribution in [2.75, 3.05) is 26.7 Å². The Morgan fingerprint density at radius 1 is 1.53 bits per heavy atom. The highest BCUT2D eigenvalue weighted by Crippen LogP contribution is 2.16. The molecule has 3 atom stereocenters. The number of carbonyl (C=O) groups is 1. The molecule has 1 unspecified atom stereocenters.